The Bertz CT molecular complexity index is 389. The fourth-order valence-corrected chi connectivity index (χ4v) is 1.35. The van der Waals surface area contributed by atoms with Crippen LogP contribution in [0.1, 0.15) is 29.3 Å². The molecule has 1 aromatic rings. The van der Waals surface area contributed by atoms with Crippen molar-refractivity contribution in [2.24, 2.45) is 0 Å². The van der Waals surface area contributed by atoms with Gasteiger partial charge in [-0.2, -0.15) is 0 Å². The molecule has 0 aliphatic carbocycles. The van der Waals surface area contributed by atoms with E-state index in [0.29, 0.717) is 6.61 Å². The Labute approximate surface area is 93.2 Å². The van der Waals surface area contributed by atoms with Crippen LogP contribution in [-0.2, 0) is 4.74 Å². The molecule has 2 nitrogen and oxygen atoms in total. The van der Waals surface area contributed by atoms with E-state index >= 15 is 0 Å². The fourth-order valence-electron chi connectivity index (χ4n) is 1.35. The van der Waals surface area contributed by atoms with Crippen LogP contribution in [0.4, 0.5) is 8.78 Å². The maximum Gasteiger partial charge on any atom is 0.171 e. The normalized spacial score (nSPS) is 10.5. The lowest BCUT2D eigenvalue weighted by atomic mass is 10.0. The monoisotopic (exact) mass is 228 g/mol. The third-order valence-electron chi connectivity index (χ3n) is 2.24. The average molecular weight is 228 g/mol. The molecule has 0 saturated carbocycles. The zero-order valence-electron chi connectivity index (χ0n) is 9.35. The van der Waals surface area contributed by atoms with E-state index in [1.54, 1.807) is 6.92 Å². The number of carbonyl (C=O) groups excluding carboxylic acids is 1. The summed E-state index contributed by atoms with van der Waals surface area (Å²) in [5.74, 6) is -2.15. The molecule has 0 aliphatic rings. The lowest BCUT2D eigenvalue weighted by molar-refractivity contribution is 0.0888. The van der Waals surface area contributed by atoms with E-state index in [1.807, 2.05) is 0 Å². The van der Waals surface area contributed by atoms with Gasteiger partial charge in [0.15, 0.2) is 5.78 Å². The quantitative estimate of drug-likeness (QED) is 0.572. The Morgan fingerprint density at radius 3 is 2.69 bits per heavy atom. The Balaban J connectivity index is 2.86. The zero-order valence-corrected chi connectivity index (χ0v) is 9.35. The third-order valence-corrected chi connectivity index (χ3v) is 2.24. The maximum atomic E-state index is 13.5. The van der Waals surface area contributed by atoms with Crippen molar-refractivity contribution in [2.45, 2.75) is 20.3 Å². The smallest absolute Gasteiger partial charge is 0.171 e. The number of Topliss-reactive ketones (excluding diaryl/α,β-unsaturated/α-hetero) is 1. The number of ketones is 1. The highest BCUT2D eigenvalue weighted by Crippen LogP contribution is 2.17. The summed E-state index contributed by atoms with van der Waals surface area (Å²) >= 11 is 0. The van der Waals surface area contributed by atoms with Crippen LogP contribution in [-0.4, -0.2) is 19.0 Å². The van der Waals surface area contributed by atoms with Gasteiger partial charge in [0.05, 0.1) is 12.2 Å². The second-order valence-electron chi connectivity index (χ2n) is 3.42. The summed E-state index contributed by atoms with van der Waals surface area (Å²) in [7, 11) is 0. The molecule has 0 bridgehead atoms. The van der Waals surface area contributed by atoms with Crippen molar-refractivity contribution in [3.05, 3.63) is 34.9 Å². The molecule has 1 aromatic carbocycles. The predicted molar refractivity (Wildman–Crippen MR) is 56.5 cm³/mol. The van der Waals surface area contributed by atoms with Crippen LogP contribution in [0, 0.1) is 18.6 Å². The van der Waals surface area contributed by atoms with Crippen molar-refractivity contribution in [3.8, 4) is 0 Å². The molecule has 0 fully saturated rings. The van der Waals surface area contributed by atoms with Crippen LogP contribution in [0.5, 0.6) is 0 Å². The molecule has 0 N–H and O–H groups in total. The molecule has 0 aromatic heterocycles. The minimum absolute atomic E-state index is 0.00880. The summed E-state index contributed by atoms with van der Waals surface area (Å²) in [6.45, 7) is 3.95. The lowest BCUT2D eigenvalue weighted by Gasteiger charge is -2.06. The van der Waals surface area contributed by atoms with Crippen molar-refractivity contribution in [3.63, 3.8) is 0 Å². The van der Waals surface area contributed by atoms with Gasteiger partial charge in [-0.3, -0.25) is 4.79 Å². The number of hydrogen-bond donors (Lipinski definition) is 0. The Kier molecular flexibility index (Phi) is 4.55. The highest BCUT2D eigenvalue weighted by atomic mass is 19.1. The molecule has 0 unspecified atom stereocenters. The first-order valence-electron chi connectivity index (χ1n) is 5.13. The summed E-state index contributed by atoms with van der Waals surface area (Å²) < 4.78 is 31.8. The van der Waals surface area contributed by atoms with Crippen molar-refractivity contribution >= 4 is 5.78 Å². The molecule has 4 heteroatoms. The lowest BCUT2D eigenvalue weighted by Crippen LogP contribution is -2.10. The third kappa shape index (κ3) is 2.85. The van der Waals surface area contributed by atoms with E-state index in [-0.39, 0.29) is 18.6 Å². The first kappa shape index (κ1) is 12.8. The van der Waals surface area contributed by atoms with Gasteiger partial charge in [0, 0.05) is 13.0 Å². The molecule has 0 atom stereocenters. The van der Waals surface area contributed by atoms with Gasteiger partial charge in [-0.05, 0) is 25.5 Å². The summed E-state index contributed by atoms with van der Waals surface area (Å²) in [6.07, 6.45) is -0.00880. The average Bonchev–Trinajstić information content (AvgIpc) is 2.24. The van der Waals surface area contributed by atoms with Gasteiger partial charge >= 0.3 is 0 Å². The highest BCUT2D eigenvalue weighted by molar-refractivity contribution is 5.96. The Hall–Kier alpha value is -1.29. The van der Waals surface area contributed by atoms with Crippen molar-refractivity contribution in [2.75, 3.05) is 13.2 Å². The number of aryl methyl sites for hydroxylation is 1. The number of benzene rings is 1. The number of hydrogen-bond acceptors (Lipinski definition) is 2. The molecule has 16 heavy (non-hydrogen) atoms. The summed E-state index contributed by atoms with van der Waals surface area (Å²) in [4.78, 5) is 11.6. The van der Waals surface area contributed by atoms with Gasteiger partial charge in [-0.15, -0.1) is 0 Å². The maximum absolute atomic E-state index is 13.5. The Morgan fingerprint density at radius 1 is 1.38 bits per heavy atom. The van der Waals surface area contributed by atoms with Gasteiger partial charge in [-0.25, -0.2) is 8.78 Å². The number of rotatable bonds is 5. The van der Waals surface area contributed by atoms with Crippen molar-refractivity contribution in [1.82, 2.24) is 0 Å². The van der Waals surface area contributed by atoms with E-state index in [9.17, 15) is 13.6 Å². The molecule has 0 aliphatic heterocycles. The second-order valence-corrected chi connectivity index (χ2v) is 3.42. The van der Waals surface area contributed by atoms with Crippen LogP contribution in [0.15, 0.2) is 12.1 Å². The van der Waals surface area contributed by atoms with Crippen LogP contribution in [0.2, 0.25) is 0 Å². The van der Waals surface area contributed by atoms with E-state index in [1.165, 1.54) is 13.0 Å². The van der Waals surface area contributed by atoms with E-state index in [2.05, 4.69) is 0 Å². The first-order chi connectivity index (χ1) is 7.57. The van der Waals surface area contributed by atoms with Crippen LogP contribution in [0.25, 0.3) is 0 Å². The predicted octanol–water partition coefficient (Wildman–Crippen LogP) is 2.88. The molecule has 0 spiro atoms. The van der Waals surface area contributed by atoms with E-state index in [4.69, 9.17) is 4.74 Å². The van der Waals surface area contributed by atoms with Gasteiger partial charge in [0.1, 0.15) is 11.6 Å². The van der Waals surface area contributed by atoms with Gasteiger partial charge < -0.3 is 4.74 Å². The SMILES string of the molecule is CCOCCC(=O)c1c(F)ccc(C)c1F. The highest BCUT2D eigenvalue weighted by Gasteiger charge is 2.18. The van der Waals surface area contributed by atoms with Gasteiger partial charge in [0.25, 0.3) is 0 Å². The van der Waals surface area contributed by atoms with Crippen molar-refractivity contribution in [1.29, 1.82) is 0 Å². The molecule has 88 valence electrons. The zero-order chi connectivity index (χ0) is 12.1. The number of carbonyl (C=O) groups is 1. The Morgan fingerprint density at radius 2 is 2.06 bits per heavy atom. The summed E-state index contributed by atoms with van der Waals surface area (Å²) in [5.41, 5.74) is -0.194. The molecular weight excluding hydrogens is 214 g/mol. The van der Waals surface area contributed by atoms with E-state index < -0.39 is 23.0 Å². The topological polar surface area (TPSA) is 26.3 Å². The molecule has 0 amide bonds. The van der Waals surface area contributed by atoms with Gasteiger partial charge in [-0.1, -0.05) is 6.07 Å². The fraction of sp³-hybridized carbons (Fsp3) is 0.417. The largest absolute Gasteiger partial charge is 0.381 e. The second kappa shape index (κ2) is 5.70. The van der Waals surface area contributed by atoms with Crippen LogP contribution < -0.4 is 0 Å². The standard InChI is InChI=1S/C12H14F2O2/c1-3-16-7-6-10(15)11-9(13)5-4-8(2)12(11)14/h4-5H,3,6-7H2,1-2H3. The molecule has 0 radical (unpaired) electrons. The van der Waals surface area contributed by atoms with Gasteiger partial charge in [0.2, 0.25) is 0 Å². The molecule has 0 saturated heterocycles. The van der Waals surface area contributed by atoms with E-state index in [0.717, 1.165) is 6.07 Å². The first-order valence-corrected chi connectivity index (χ1v) is 5.13. The number of halogens is 2. The molecule has 1 rings (SSSR count). The van der Waals surface area contributed by atoms with Crippen molar-refractivity contribution < 1.29 is 18.3 Å². The summed E-state index contributed by atoms with van der Waals surface area (Å²) in [6, 6.07) is 2.41. The minimum atomic E-state index is -0.815. The number of ether oxygens (including phenoxy) is 1. The van der Waals surface area contributed by atoms with Crippen LogP contribution >= 0.6 is 0 Å². The molecule has 0 heterocycles. The van der Waals surface area contributed by atoms with Crippen LogP contribution in [0.3, 0.4) is 0 Å². The minimum Gasteiger partial charge on any atom is -0.381 e. The molecular formula is C12H14F2O2. The summed E-state index contributed by atoms with van der Waals surface area (Å²) in [5, 5.41) is 0.